The van der Waals surface area contributed by atoms with Gasteiger partial charge in [-0.05, 0) is 90.8 Å². The minimum absolute atomic E-state index is 0.440. The van der Waals surface area contributed by atoms with Crippen LogP contribution in [0.5, 0.6) is 0 Å². The minimum atomic E-state index is -1.25. The van der Waals surface area contributed by atoms with E-state index in [9.17, 15) is 19.2 Å². The molecule has 28 heavy (non-hydrogen) atoms. The lowest BCUT2D eigenvalue weighted by Crippen LogP contribution is -2.51. The second-order valence-corrected chi connectivity index (χ2v) is 11.3. The number of nitrogens with one attached hydrogen (secondary N) is 2. The fourth-order valence-corrected chi connectivity index (χ4v) is 3.88. The molecule has 162 valence electrons. The van der Waals surface area contributed by atoms with Gasteiger partial charge >= 0.3 is 12.2 Å². The molecule has 8 nitrogen and oxygen atoms in total. The number of alkyl carbamates (subject to hydrolysis) is 2. The second kappa shape index (κ2) is 9.39. The van der Waals surface area contributed by atoms with Crippen LogP contribution in [-0.4, -0.2) is 44.7 Å². The van der Waals surface area contributed by atoms with Crippen LogP contribution in [0.3, 0.4) is 0 Å². The average Bonchev–Trinajstić information content (AvgIpc) is 2.38. The Morgan fingerprint density at radius 3 is 1.04 bits per heavy atom. The van der Waals surface area contributed by atoms with E-state index >= 15 is 0 Å². The third-order valence-corrected chi connectivity index (χ3v) is 5.41. The van der Waals surface area contributed by atoms with Crippen molar-refractivity contribution in [1.29, 1.82) is 0 Å². The largest absolute Gasteiger partial charge is 0.444 e. The van der Waals surface area contributed by atoms with E-state index in [4.69, 9.17) is 9.47 Å². The number of carbonyl (C=O) groups excluding carboxylic acids is 4. The third kappa shape index (κ3) is 10.8. The molecule has 0 aliphatic rings. The number of rotatable bonds is 4. The highest BCUT2D eigenvalue weighted by atomic mass is 33.1. The van der Waals surface area contributed by atoms with Crippen molar-refractivity contribution in [2.75, 3.05) is 0 Å². The number of carbonyl (C=O) groups is 4. The summed E-state index contributed by atoms with van der Waals surface area (Å²) in [6, 6.07) is 0. The van der Waals surface area contributed by atoms with Crippen LogP contribution in [0, 0.1) is 0 Å². The van der Waals surface area contributed by atoms with Gasteiger partial charge in [0.25, 0.3) is 0 Å². The zero-order valence-electron chi connectivity index (χ0n) is 18.3. The molecule has 0 spiro atoms. The molecule has 0 aliphatic heterocycles. The molecule has 0 bridgehead atoms. The molecule has 0 atom stereocenters. The monoisotopic (exact) mass is 436 g/mol. The summed E-state index contributed by atoms with van der Waals surface area (Å²) < 4.78 is 10.3. The summed E-state index contributed by atoms with van der Waals surface area (Å²) in [5, 5.41) is 4.09. The van der Waals surface area contributed by atoms with E-state index < -0.39 is 44.7 Å². The summed E-state index contributed by atoms with van der Waals surface area (Å²) in [5.74, 6) is 0. The molecule has 0 saturated carbocycles. The normalized spacial score (nSPS) is 12.8. The summed E-state index contributed by atoms with van der Waals surface area (Å²) in [6.07, 6.45) is -1.45. The van der Waals surface area contributed by atoms with E-state index in [2.05, 4.69) is 10.6 Å². The van der Waals surface area contributed by atoms with Crippen molar-refractivity contribution in [3.05, 3.63) is 0 Å². The highest BCUT2D eigenvalue weighted by Crippen LogP contribution is 2.32. The molecule has 0 radical (unpaired) electrons. The first-order valence-electron chi connectivity index (χ1n) is 8.71. The Labute approximate surface area is 175 Å². The van der Waals surface area contributed by atoms with Crippen molar-refractivity contribution in [2.24, 2.45) is 0 Å². The molecule has 0 aromatic heterocycles. The summed E-state index contributed by atoms with van der Waals surface area (Å²) in [4.78, 5) is 48.6. The summed E-state index contributed by atoms with van der Waals surface area (Å²) >= 11 is 0. The Morgan fingerprint density at radius 2 is 0.821 bits per heavy atom. The minimum Gasteiger partial charge on any atom is -0.444 e. The zero-order chi connectivity index (χ0) is 22.6. The lowest BCUT2D eigenvalue weighted by atomic mass is 10.1. The zero-order valence-corrected chi connectivity index (χ0v) is 19.9. The fourth-order valence-electron chi connectivity index (χ4n) is 1.50. The molecule has 0 saturated heterocycles. The highest BCUT2D eigenvalue weighted by Gasteiger charge is 2.36. The molecule has 0 rings (SSSR count). The van der Waals surface area contributed by atoms with E-state index in [0.717, 1.165) is 0 Å². The van der Waals surface area contributed by atoms with Crippen LogP contribution in [0.2, 0.25) is 0 Å². The van der Waals surface area contributed by atoms with Crippen molar-refractivity contribution in [1.82, 2.24) is 10.6 Å². The van der Waals surface area contributed by atoms with Crippen LogP contribution < -0.4 is 10.6 Å². The topological polar surface area (TPSA) is 111 Å². The molecule has 0 unspecified atom stereocenters. The maximum absolute atomic E-state index is 12.4. The van der Waals surface area contributed by atoms with E-state index in [1.807, 2.05) is 0 Å². The van der Waals surface area contributed by atoms with Gasteiger partial charge in [-0.25, -0.2) is 9.59 Å². The van der Waals surface area contributed by atoms with Crippen molar-refractivity contribution in [3.63, 3.8) is 0 Å². The van der Waals surface area contributed by atoms with Gasteiger partial charge in [0.15, 0.2) is 0 Å². The lowest BCUT2D eigenvalue weighted by Gasteiger charge is -2.28. The summed E-state index contributed by atoms with van der Waals surface area (Å²) in [7, 11) is 1.37. The summed E-state index contributed by atoms with van der Waals surface area (Å²) in [5.41, 5.74) is -3.89. The first-order chi connectivity index (χ1) is 12.3. The number of hydrogen-bond acceptors (Lipinski definition) is 8. The quantitative estimate of drug-likeness (QED) is 0.636. The van der Waals surface area contributed by atoms with Crippen LogP contribution in [0.25, 0.3) is 0 Å². The van der Waals surface area contributed by atoms with E-state index in [1.54, 1.807) is 41.5 Å². The van der Waals surface area contributed by atoms with Crippen LogP contribution in [0.4, 0.5) is 9.59 Å². The SMILES string of the molecule is CC(C)(C)OC(=O)NC(C)(C)C(=O)SSC(=O)C(C)(C)NC(=O)OC(C)(C)C. The fraction of sp³-hybridized carbons (Fsp3) is 0.778. The van der Waals surface area contributed by atoms with E-state index in [1.165, 1.54) is 27.7 Å². The van der Waals surface area contributed by atoms with Gasteiger partial charge in [0.1, 0.15) is 22.3 Å². The van der Waals surface area contributed by atoms with Gasteiger partial charge in [0, 0.05) is 0 Å². The molecule has 0 fully saturated rings. The van der Waals surface area contributed by atoms with Crippen LogP contribution >= 0.6 is 21.6 Å². The smallest absolute Gasteiger partial charge is 0.408 e. The number of amides is 2. The predicted octanol–water partition coefficient (Wildman–Crippen LogP) is 4.03. The molecule has 0 heterocycles. The maximum atomic E-state index is 12.4. The Balaban J connectivity index is 4.76. The molecule has 2 N–H and O–H groups in total. The third-order valence-electron chi connectivity index (χ3n) is 2.84. The Bertz CT molecular complexity index is 565. The van der Waals surface area contributed by atoms with Gasteiger partial charge in [-0.15, -0.1) is 0 Å². The molecule has 0 aliphatic carbocycles. The molecule has 10 heteroatoms. The van der Waals surface area contributed by atoms with E-state index in [-0.39, 0.29) is 0 Å². The van der Waals surface area contributed by atoms with Crippen molar-refractivity contribution >= 4 is 44.0 Å². The van der Waals surface area contributed by atoms with E-state index in [0.29, 0.717) is 21.6 Å². The van der Waals surface area contributed by atoms with Crippen LogP contribution in [0.1, 0.15) is 69.2 Å². The lowest BCUT2D eigenvalue weighted by molar-refractivity contribution is -0.116. The number of ether oxygens (including phenoxy) is 2. The van der Waals surface area contributed by atoms with Crippen molar-refractivity contribution in [3.8, 4) is 0 Å². The highest BCUT2D eigenvalue weighted by molar-refractivity contribution is 8.87. The van der Waals surface area contributed by atoms with Gasteiger partial charge in [-0.1, -0.05) is 0 Å². The maximum Gasteiger partial charge on any atom is 0.408 e. The van der Waals surface area contributed by atoms with Crippen LogP contribution in [-0.2, 0) is 19.1 Å². The molecule has 2 amide bonds. The van der Waals surface area contributed by atoms with Gasteiger partial charge in [0.2, 0.25) is 10.2 Å². The second-order valence-electron chi connectivity index (χ2n) is 9.25. The van der Waals surface area contributed by atoms with Crippen LogP contribution in [0.15, 0.2) is 0 Å². The van der Waals surface area contributed by atoms with Gasteiger partial charge < -0.3 is 20.1 Å². The first kappa shape index (κ1) is 26.6. The molecule has 0 aromatic carbocycles. The molecular weight excluding hydrogens is 404 g/mol. The van der Waals surface area contributed by atoms with Crippen molar-refractivity contribution < 1.29 is 28.7 Å². The Morgan fingerprint density at radius 1 is 0.571 bits per heavy atom. The molecule has 0 aromatic rings. The van der Waals surface area contributed by atoms with Crippen molar-refractivity contribution in [2.45, 2.75) is 91.5 Å². The van der Waals surface area contributed by atoms with Gasteiger partial charge in [0.05, 0.1) is 0 Å². The predicted molar refractivity (Wildman–Crippen MR) is 112 cm³/mol. The average molecular weight is 437 g/mol. The standard InChI is InChI=1S/C18H32N2O6S2/c1-15(2,3)25-13(23)19-17(7,8)11(21)27-28-12(22)18(9,10)20-14(24)26-16(4,5)6/h1-10H3,(H,19,23)(H,20,24). The summed E-state index contributed by atoms with van der Waals surface area (Å²) in [6.45, 7) is 16.3. The van der Waals surface area contributed by atoms with Gasteiger partial charge in [-0.3, -0.25) is 9.59 Å². The Hall–Kier alpha value is -1.42. The Kier molecular flexibility index (Phi) is 8.91. The first-order valence-corrected chi connectivity index (χ1v) is 10.9. The number of hydrogen-bond donors (Lipinski definition) is 2. The van der Waals surface area contributed by atoms with Gasteiger partial charge in [-0.2, -0.15) is 0 Å². The molecular formula is C18H32N2O6S2.